The Kier molecular flexibility index (Phi) is 6.89. The summed E-state index contributed by atoms with van der Waals surface area (Å²) in [5.41, 5.74) is 3.54. The fourth-order valence-electron chi connectivity index (χ4n) is 4.03. The second kappa shape index (κ2) is 9.98. The minimum Gasteiger partial charge on any atom is -0.487 e. The molecule has 2 heterocycles. The number of nitrogens with one attached hydrogen (secondary N) is 1. The molecule has 4 rings (SSSR count). The molecule has 0 atom stereocenters. The van der Waals surface area contributed by atoms with Crippen LogP contribution in [0.1, 0.15) is 24.1 Å². The second-order valence-electron chi connectivity index (χ2n) is 7.94. The van der Waals surface area contributed by atoms with E-state index in [9.17, 15) is 4.79 Å². The number of methoxy groups -OCH3 is 1. The Balaban J connectivity index is 1.39. The van der Waals surface area contributed by atoms with E-state index in [2.05, 4.69) is 22.0 Å². The van der Waals surface area contributed by atoms with E-state index in [1.54, 1.807) is 7.11 Å². The quantitative estimate of drug-likeness (QED) is 0.555. The van der Waals surface area contributed by atoms with Gasteiger partial charge in [0.2, 0.25) is 0 Å². The predicted octanol–water partition coefficient (Wildman–Crippen LogP) is 4.05. The molecule has 1 aromatic heterocycles. The third kappa shape index (κ3) is 5.09. The van der Waals surface area contributed by atoms with E-state index in [1.807, 2.05) is 43.3 Å². The van der Waals surface area contributed by atoms with Crippen molar-refractivity contribution in [2.24, 2.45) is 0 Å². The van der Waals surface area contributed by atoms with Crippen molar-refractivity contribution >= 4 is 16.6 Å². The minimum atomic E-state index is 0.0530. The second-order valence-corrected chi connectivity index (χ2v) is 7.94. The summed E-state index contributed by atoms with van der Waals surface area (Å²) in [5.74, 6) is 0.796. The van der Waals surface area contributed by atoms with Crippen LogP contribution in [0.5, 0.6) is 5.75 Å². The first-order valence-corrected chi connectivity index (χ1v) is 10.8. The fourth-order valence-corrected chi connectivity index (χ4v) is 4.03. The van der Waals surface area contributed by atoms with Crippen LogP contribution in [0.4, 0.5) is 5.69 Å². The van der Waals surface area contributed by atoms with Crippen molar-refractivity contribution in [3.63, 3.8) is 0 Å². The molecule has 1 saturated heterocycles. The SMILES string of the molecule is COCCOC1CCN(c2cccc(OCc3[nH]c4ccccc4c(=O)c3C)c2)CC1. The molecule has 1 aliphatic heterocycles. The van der Waals surface area contributed by atoms with Crippen LogP contribution in [-0.2, 0) is 16.1 Å². The zero-order valence-electron chi connectivity index (χ0n) is 18.2. The summed E-state index contributed by atoms with van der Waals surface area (Å²) in [5, 5.41) is 0.709. The normalized spacial score (nSPS) is 14.8. The van der Waals surface area contributed by atoms with E-state index >= 15 is 0 Å². The maximum Gasteiger partial charge on any atom is 0.192 e. The summed E-state index contributed by atoms with van der Waals surface area (Å²) in [6.45, 7) is 5.38. The Hall–Kier alpha value is -2.83. The van der Waals surface area contributed by atoms with Crippen molar-refractivity contribution in [3.05, 3.63) is 70.0 Å². The minimum absolute atomic E-state index is 0.0530. The number of benzene rings is 2. The molecule has 0 aliphatic carbocycles. The molecule has 31 heavy (non-hydrogen) atoms. The summed E-state index contributed by atoms with van der Waals surface area (Å²) >= 11 is 0. The van der Waals surface area contributed by atoms with Crippen LogP contribution < -0.4 is 15.1 Å². The Bertz CT molecular complexity index is 1070. The lowest BCUT2D eigenvalue weighted by Crippen LogP contribution is -2.37. The number of aromatic nitrogens is 1. The van der Waals surface area contributed by atoms with Crippen molar-refractivity contribution in [1.82, 2.24) is 4.98 Å². The predicted molar refractivity (Wildman–Crippen MR) is 123 cm³/mol. The van der Waals surface area contributed by atoms with Gasteiger partial charge in [-0.1, -0.05) is 18.2 Å². The average Bonchev–Trinajstić information content (AvgIpc) is 2.81. The smallest absolute Gasteiger partial charge is 0.192 e. The number of ether oxygens (including phenoxy) is 3. The van der Waals surface area contributed by atoms with Crippen LogP contribution in [0.25, 0.3) is 10.9 Å². The number of aromatic amines is 1. The number of piperidine rings is 1. The van der Waals surface area contributed by atoms with Crippen molar-refractivity contribution < 1.29 is 14.2 Å². The van der Waals surface area contributed by atoms with Crippen LogP contribution in [-0.4, -0.2) is 44.5 Å². The number of H-pyrrole nitrogens is 1. The first-order chi connectivity index (χ1) is 15.2. The molecule has 0 amide bonds. The van der Waals surface area contributed by atoms with Crippen molar-refractivity contribution in [1.29, 1.82) is 0 Å². The molecule has 0 spiro atoms. The number of hydrogen-bond acceptors (Lipinski definition) is 5. The first-order valence-electron chi connectivity index (χ1n) is 10.8. The van der Waals surface area contributed by atoms with Gasteiger partial charge in [-0.3, -0.25) is 4.79 Å². The van der Waals surface area contributed by atoms with Gasteiger partial charge in [-0.2, -0.15) is 0 Å². The summed E-state index contributed by atoms with van der Waals surface area (Å²) in [6, 6.07) is 15.7. The molecule has 2 aromatic carbocycles. The van der Waals surface area contributed by atoms with Gasteiger partial charge in [-0.25, -0.2) is 0 Å². The summed E-state index contributed by atoms with van der Waals surface area (Å²) < 4.78 is 17.0. The number of rotatable bonds is 8. The Labute approximate surface area is 182 Å². The third-order valence-corrected chi connectivity index (χ3v) is 5.90. The van der Waals surface area contributed by atoms with Crippen LogP contribution in [0.3, 0.4) is 0 Å². The highest BCUT2D eigenvalue weighted by molar-refractivity contribution is 5.79. The Morgan fingerprint density at radius 2 is 1.87 bits per heavy atom. The third-order valence-electron chi connectivity index (χ3n) is 5.90. The van der Waals surface area contributed by atoms with Crippen LogP contribution in [0.2, 0.25) is 0 Å². The lowest BCUT2D eigenvalue weighted by atomic mass is 10.1. The van der Waals surface area contributed by atoms with Crippen LogP contribution in [0, 0.1) is 6.92 Å². The van der Waals surface area contributed by atoms with Gasteiger partial charge in [-0.15, -0.1) is 0 Å². The molecule has 6 heteroatoms. The van der Waals surface area contributed by atoms with Crippen molar-refractivity contribution in [2.45, 2.75) is 32.5 Å². The van der Waals surface area contributed by atoms with E-state index in [0.717, 1.165) is 48.6 Å². The zero-order chi connectivity index (χ0) is 21.6. The summed E-state index contributed by atoms with van der Waals surface area (Å²) in [4.78, 5) is 18.4. The van der Waals surface area contributed by atoms with Gasteiger partial charge >= 0.3 is 0 Å². The largest absolute Gasteiger partial charge is 0.487 e. The lowest BCUT2D eigenvalue weighted by Gasteiger charge is -2.33. The van der Waals surface area contributed by atoms with E-state index in [0.29, 0.717) is 36.9 Å². The van der Waals surface area contributed by atoms with Gasteiger partial charge in [0.15, 0.2) is 5.43 Å². The highest BCUT2D eigenvalue weighted by Crippen LogP contribution is 2.26. The Morgan fingerprint density at radius 1 is 1.06 bits per heavy atom. The number of hydrogen-bond donors (Lipinski definition) is 1. The molecular formula is C25H30N2O4. The molecule has 0 radical (unpaired) electrons. The number of pyridine rings is 1. The number of anilines is 1. The highest BCUT2D eigenvalue weighted by atomic mass is 16.5. The molecule has 1 aliphatic rings. The molecule has 3 aromatic rings. The van der Waals surface area contributed by atoms with Crippen molar-refractivity contribution in [2.75, 3.05) is 38.3 Å². The zero-order valence-corrected chi connectivity index (χ0v) is 18.2. The van der Waals surface area contributed by atoms with E-state index in [4.69, 9.17) is 14.2 Å². The molecule has 1 N–H and O–H groups in total. The molecule has 1 fully saturated rings. The van der Waals surface area contributed by atoms with Crippen molar-refractivity contribution in [3.8, 4) is 5.75 Å². The standard InChI is InChI=1S/C25H30N2O4/c1-18-24(26-23-9-4-3-8-22(23)25(18)28)17-31-21-7-5-6-19(16-21)27-12-10-20(11-13-27)30-15-14-29-2/h3-9,16,20H,10-15,17H2,1-2H3,(H,26,28). The first kappa shape index (κ1) is 21.4. The number of para-hydroxylation sites is 1. The summed E-state index contributed by atoms with van der Waals surface area (Å²) in [7, 11) is 1.69. The topological polar surface area (TPSA) is 63.8 Å². The van der Waals surface area contributed by atoms with E-state index in [1.165, 1.54) is 0 Å². The maximum atomic E-state index is 12.6. The maximum absolute atomic E-state index is 12.6. The average molecular weight is 423 g/mol. The molecule has 0 bridgehead atoms. The molecule has 6 nitrogen and oxygen atoms in total. The van der Waals surface area contributed by atoms with E-state index in [-0.39, 0.29) is 5.43 Å². The van der Waals surface area contributed by atoms with Gasteiger partial charge in [0.1, 0.15) is 12.4 Å². The molecule has 0 unspecified atom stereocenters. The number of fused-ring (bicyclic) bond motifs is 1. The van der Waals surface area contributed by atoms with Gasteiger partial charge in [0.25, 0.3) is 0 Å². The fraction of sp³-hybridized carbons (Fsp3) is 0.400. The molecule has 0 saturated carbocycles. The van der Waals surface area contributed by atoms with Crippen LogP contribution in [0.15, 0.2) is 53.3 Å². The monoisotopic (exact) mass is 422 g/mol. The van der Waals surface area contributed by atoms with Gasteiger partial charge < -0.3 is 24.1 Å². The summed E-state index contributed by atoms with van der Waals surface area (Å²) in [6.07, 6.45) is 2.32. The molecular weight excluding hydrogens is 392 g/mol. The van der Waals surface area contributed by atoms with E-state index < -0.39 is 0 Å². The lowest BCUT2D eigenvalue weighted by molar-refractivity contribution is 0.00610. The van der Waals surface area contributed by atoms with Gasteiger partial charge in [-0.05, 0) is 44.0 Å². The van der Waals surface area contributed by atoms with Gasteiger partial charge in [0.05, 0.1) is 25.0 Å². The molecule has 164 valence electrons. The number of nitrogens with zero attached hydrogens (tertiary/aromatic N) is 1. The highest BCUT2D eigenvalue weighted by Gasteiger charge is 2.20. The van der Waals surface area contributed by atoms with Gasteiger partial charge in [0, 0.05) is 48.4 Å². The Morgan fingerprint density at radius 3 is 2.68 bits per heavy atom. The van der Waals surface area contributed by atoms with Crippen LogP contribution >= 0.6 is 0 Å².